The number of pyridine rings is 1. The summed E-state index contributed by atoms with van der Waals surface area (Å²) in [6, 6.07) is 11.4. The Labute approximate surface area is 116 Å². The van der Waals surface area contributed by atoms with E-state index in [1.54, 1.807) is 12.1 Å². The summed E-state index contributed by atoms with van der Waals surface area (Å²) in [5, 5.41) is 11.8. The molecule has 0 spiro atoms. The standard InChI is InChI=1S/C12H7Br2N3/c13-9-2-3-11(10(14)5-9)17-12-4-1-8(6-15)7-16-12/h1-5,7H,(H,16,17). The van der Waals surface area contributed by atoms with Crippen molar-refractivity contribution in [2.24, 2.45) is 0 Å². The van der Waals surface area contributed by atoms with E-state index in [4.69, 9.17) is 5.26 Å². The van der Waals surface area contributed by atoms with Gasteiger partial charge in [-0.25, -0.2) is 4.98 Å². The maximum absolute atomic E-state index is 8.67. The molecule has 84 valence electrons. The molecule has 0 fully saturated rings. The second kappa shape index (κ2) is 5.30. The molecule has 0 aliphatic rings. The summed E-state index contributed by atoms with van der Waals surface area (Å²) in [5.41, 5.74) is 1.47. The van der Waals surface area contributed by atoms with Gasteiger partial charge in [0.05, 0.1) is 11.3 Å². The molecular formula is C12H7Br2N3. The van der Waals surface area contributed by atoms with Gasteiger partial charge in [0, 0.05) is 15.1 Å². The highest BCUT2D eigenvalue weighted by Crippen LogP contribution is 2.28. The number of aromatic nitrogens is 1. The molecule has 0 saturated heterocycles. The molecule has 0 saturated carbocycles. The van der Waals surface area contributed by atoms with Gasteiger partial charge in [-0.15, -0.1) is 0 Å². The predicted molar refractivity (Wildman–Crippen MR) is 74.1 cm³/mol. The van der Waals surface area contributed by atoms with Crippen LogP contribution in [0.3, 0.4) is 0 Å². The normalized spacial score (nSPS) is 9.71. The van der Waals surface area contributed by atoms with Crippen LogP contribution < -0.4 is 5.32 Å². The zero-order chi connectivity index (χ0) is 12.3. The summed E-state index contributed by atoms with van der Waals surface area (Å²) < 4.78 is 1.95. The first-order chi connectivity index (χ1) is 8.19. The average molecular weight is 353 g/mol. The van der Waals surface area contributed by atoms with Crippen LogP contribution in [0.15, 0.2) is 45.5 Å². The van der Waals surface area contributed by atoms with Crippen molar-refractivity contribution in [2.75, 3.05) is 5.32 Å². The second-order valence-corrected chi connectivity index (χ2v) is 5.06. The van der Waals surface area contributed by atoms with Gasteiger partial charge in [0.25, 0.3) is 0 Å². The molecule has 0 amide bonds. The zero-order valence-corrected chi connectivity index (χ0v) is 11.8. The number of hydrogen-bond donors (Lipinski definition) is 1. The topological polar surface area (TPSA) is 48.7 Å². The molecule has 1 heterocycles. The molecule has 1 aromatic heterocycles. The molecular weight excluding hydrogens is 346 g/mol. The Hall–Kier alpha value is -1.38. The highest BCUT2D eigenvalue weighted by atomic mass is 79.9. The van der Waals surface area contributed by atoms with Crippen molar-refractivity contribution in [2.45, 2.75) is 0 Å². The molecule has 17 heavy (non-hydrogen) atoms. The Morgan fingerprint density at radius 2 is 2.00 bits per heavy atom. The highest BCUT2D eigenvalue weighted by Gasteiger charge is 2.01. The van der Waals surface area contributed by atoms with Gasteiger partial charge in [0.2, 0.25) is 0 Å². The third-order valence-electron chi connectivity index (χ3n) is 2.09. The summed E-state index contributed by atoms with van der Waals surface area (Å²) in [5.74, 6) is 0.701. The van der Waals surface area contributed by atoms with Gasteiger partial charge in [-0.3, -0.25) is 0 Å². The van der Waals surface area contributed by atoms with Crippen molar-refractivity contribution in [3.05, 3.63) is 51.0 Å². The summed E-state index contributed by atoms with van der Waals surface area (Å²) in [6.07, 6.45) is 1.54. The Morgan fingerprint density at radius 1 is 1.18 bits per heavy atom. The van der Waals surface area contributed by atoms with Crippen LogP contribution >= 0.6 is 31.9 Å². The van der Waals surface area contributed by atoms with Crippen molar-refractivity contribution in [1.82, 2.24) is 4.98 Å². The van der Waals surface area contributed by atoms with Crippen LogP contribution in [0.4, 0.5) is 11.5 Å². The van der Waals surface area contributed by atoms with Crippen LogP contribution in [0.5, 0.6) is 0 Å². The Bertz CT molecular complexity index is 573. The lowest BCUT2D eigenvalue weighted by atomic mass is 10.3. The Kier molecular flexibility index (Phi) is 3.77. The second-order valence-electron chi connectivity index (χ2n) is 3.29. The molecule has 2 aromatic rings. The minimum atomic E-state index is 0.547. The number of nitriles is 1. The van der Waals surface area contributed by atoms with Crippen LogP contribution in [0, 0.1) is 11.3 Å². The van der Waals surface area contributed by atoms with Gasteiger partial charge in [-0.2, -0.15) is 5.26 Å². The molecule has 0 unspecified atom stereocenters. The van der Waals surface area contributed by atoms with E-state index in [2.05, 4.69) is 42.2 Å². The van der Waals surface area contributed by atoms with Gasteiger partial charge in [0.1, 0.15) is 11.9 Å². The van der Waals surface area contributed by atoms with Crippen LogP contribution in [0.25, 0.3) is 0 Å². The number of nitrogens with zero attached hydrogens (tertiary/aromatic N) is 2. The maximum Gasteiger partial charge on any atom is 0.130 e. The third kappa shape index (κ3) is 3.05. The monoisotopic (exact) mass is 351 g/mol. The fourth-order valence-electron chi connectivity index (χ4n) is 1.26. The summed E-state index contributed by atoms with van der Waals surface area (Å²) >= 11 is 6.85. The Morgan fingerprint density at radius 3 is 2.59 bits per heavy atom. The molecule has 5 heteroatoms. The van der Waals surface area contributed by atoms with Crippen molar-refractivity contribution < 1.29 is 0 Å². The highest BCUT2D eigenvalue weighted by molar-refractivity contribution is 9.11. The van der Waals surface area contributed by atoms with E-state index in [1.807, 2.05) is 24.3 Å². The van der Waals surface area contributed by atoms with Crippen molar-refractivity contribution in [1.29, 1.82) is 5.26 Å². The molecule has 0 radical (unpaired) electrons. The fourth-order valence-corrected chi connectivity index (χ4v) is 2.41. The lowest BCUT2D eigenvalue weighted by molar-refractivity contribution is 1.28. The minimum absolute atomic E-state index is 0.547. The van der Waals surface area contributed by atoms with E-state index in [1.165, 1.54) is 6.20 Å². The maximum atomic E-state index is 8.67. The molecule has 0 bridgehead atoms. The fraction of sp³-hybridized carbons (Fsp3) is 0. The van der Waals surface area contributed by atoms with E-state index >= 15 is 0 Å². The van der Waals surface area contributed by atoms with Crippen molar-refractivity contribution in [3.8, 4) is 6.07 Å². The third-order valence-corrected chi connectivity index (χ3v) is 3.24. The number of halogens is 2. The van der Waals surface area contributed by atoms with Crippen molar-refractivity contribution in [3.63, 3.8) is 0 Å². The van der Waals surface area contributed by atoms with E-state index < -0.39 is 0 Å². The number of rotatable bonds is 2. The zero-order valence-electron chi connectivity index (χ0n) is 8.61. The SMILES string of the molecule is N#Cc1ccc(Nc2ccc(Br)cc2Br)nc1. The lowest BCUT2D eigenvalue weighted by Gasteiger charge is -2.07. The summed E-state index contributed by atoms with van der Waals surface area (Å²) in [6.45, 7) is 0. The van der Waals surface area contributed by atoms with Crippen LogP contribution in [0.1, 0.15) is 5.56 Å². The molecule has 1 N–H and O–H groups in total. The number of anilines is 2. The van der Waals surface area contributed by atoms with Gasteiger partial charge >= 0.3 is 0 Å². The average Bonchev–Trinajstić information content (AvgIpc) is 2.34. The Balaban J connectivity index is 2.23. The molecule has 0 aliphatic carbocycles. The van der Waals surface area contributed by atoms with Crippen LogP contribution in [0.2, 0.25) is 0 Å². The quantitative estimate of drug-likeness (QED) is 0.880. The lowest BCUT2D eigenvalue weighted by Crippen LogP contribution is -1.94. The van der Waals surface area contributed by atoms with E-state index in [9.17, 15) is 0 Å². The van der Waals surface area contributed by atoms with Crippen LogP contribution in [-0.4, -0.2) is 4.98 Å². The first-order valence-electron chi connectivity index (χ1n) is 4.77. The van der Waals surface area contributed by atoms with Gasteiger partial charge in [-0.1, -0.05) is 15.9 Å². The molecule has 1 aromatic carbocycles. The molecule has 3 nitrogen and oxygen atoms in total. The number of hydrogen-bond acceptors (Lipinski definition) is 3. The van der Waals surface area contributed by atoms with E-state index in [0.29, 0.717) is 11.4 Å². The van der Waals surface area contributed by atoms with E-state index in [-0.39, 0.29) is 0 Å². The summed E-state index contributed by atoms with van der Waals surface area (Å²) in [4.78, 5) is 4.14. The number of benzene rings is 1. The predicted octanol–water partition coefficient (Wildman–Crippen LogP) is 4.22. The largest absolute Gasteiger partial charge is 0.339 e. The van der Waals surface area contributed by atoms with Gasteiger partial charge in [-0.05, 0) is 46.3 Å². The van der Waals surface area contributed by atoms with Gasteiger partial charge < -0.3 is 5.32 Å². The van der Waals surface area contributed by atoms with Crippen molar-refractivity contribution >= 4 is 43.4 Å². The van der Waals surface area contributed by atoms with Gasteiger partial charge in [0.15, 0.2) is 0 Å². The number of nitrogens with one attached hydrogen (secondary N) is 1. The van der Waals surface area contributed by atoms with E-state index in [0.717, 1.165) is 14.6 Å². The molecule has 0 atom stereocenters. The first kappa shape index (κ1) is 12.1. The molecule has 0 aliphatic heterocycles. The smallest absolute Gasteiger partial charge is 0.130 e. The minimum Gasteiger partial charge on any atom is -0.339 e. The van der Waals surface area contributed by atoms with Crippen LogP contribution in [-0.2, 0) is 0 Å². The first-order valence-corrected chi connectivity index (χ1v) is 6.36. The molecule has 2 rings (SSSR count). The summed E-state index contributed by atoms with van der Waals surface area (Å²) in [7, 11) is 0.